The van der Waals surface area contributed by atoms with Crippen molar-refractivity contribution in [1.82, 2.24) is 10.6 Å². The van der Waals surface area contributed by atoms with Crippen LogP contribution in [0.2, 0.25) is 0 Å². The number of carboxylic acids is 1. The Hall–Kier alpha value is -1.47. The predicted molar refractivity (Wildman–Crippen MR) is 71.3 cm³/mol. The highest BCUT2D eigenvalue weighted by atomic mass is 79.9. The molecule has 0 saturated carbocycles. The normalized spacial score (nSPS) is 11.9. The van der Waals surface area contributed by atoms with Crippen LogP contribution in [0, 0.1) is 5.82 Å². The van der Waals surface area contributed by atoms with E-state index in [9.17, 15) is 14.0 Å². The van der Waals surface area contributed by atoms with E-state index in [4.69, 9.17) is 5.11 Å². The van der Waals surface area contributed by atoms with E-state index in [-0.39, 0.29) is 18.8 Å². The Balaban J connectivity index is 2.52. The lowest BCUT2D eigenvalue weighted by molar-refractivity contribution is -0.143. The third-order valence-electron chi connectivity index (χ3n) is 2.50. The summed E-state index contributed by atoms with van der Waals surface area (Å²) in [5.41, 5.74) is 0.450. The standard InChI is InChI=1S/C12H14BrFN2O3/c1-15-10(12(18)19)11(17)16-5-4-7-6-8(13)2-3-9(7)14/h2-3,6,10,15H,4-5H2,1H3,(H,16,17)(H,18,19). The maximum Gasteiger partial charge on any atom is 0.330 e. The van der Waals surface area contributed by atoms with Gasteiger partial charge in [0.1, 0.15) is 5.82 Å². The Bertz CT molecular complexity index is 482. The Morgan fingerprint density at radius 2 is 2.16 bits per heavy atom. The molecule has 0 aliphatic carbocycles. The molecule has 1 aromatic rings. The van der Waals surface area contributed by atoms with E-state index >= 15 is 0 Å². The fourth-order valence-electron chi connectivity index (χ4n) is 1.52. The monoisotopic (exact) mass is 332 g/mol. The Morgan fingerprint density at radius 3 is 2.74 bits per heavy atom. The van der Waals surface area contributed by atoms with Crippen LogP contribution in [0.5, 0.6) is 0 Å². The molecule has 0 radical (unpaired) electrons. The lowest BCUT2D eigenvalue weighted by Gasteiger charge is -2.11. The fourth-order valence-corrected chi connectivity index (χ4v) is 1.93. The summed E-state index contributed by atoms with van der Waals surface area (Å²) < 4.78 is 14.2. The van der Waals surface area contributed by atoms with Gasteiger partial charge in [-0.3, -0.25) is 10.1 Å². The van der Waals surface area contributed by atoms with Crippen LogP contribution in [-0.4, -0.2) is 36.6 Å². The lowest BCUT2D eigenvalue weighted by Crippen LogP contribution is -2.48. The van der Waals surface area contributed by atoms with E-state index in [2.05, 4.69) is 26.6 Å². The third kappa shape index (κ3) is 4.60. The fraction of sp³-hybridized carbons (Fsp3) is 0.333. The van der Waals surface area contributed by atoms with E-state index in [1.165, 1.54) is 13.1 Å². The second-order valence-corrected chi connectivity index (χ2v) is 4.75. The molecule has 1 unspecified atom stereocenters. The largest absolute Gasteiger partial charge is 0.480 e. The molecular formula is C12H14BrFN2O3. The molecule has 0 heterocycles. The van der Waals surface area contributed by atoms with Crippen molar-refractivity contribution >= 4 is 27.8 Å². The molecule has 3 N–H and O–H groups in total. The summed E-state index contributed by atoms with van der Waals surface area (Å²) >= 11 is 3.23. The molecule has 5 nitrogen and oxygen atoms in total. The van der Waals surface area contributed by atoms with Crippen LogP contribution in [-0.2, 0) is 16.0 Å². The van der Waals surface area contributed by atoms with Gasteiger partial charge in [-0.15, -0.1) is 0 Å². The highest BCUT2D eigenvalue weighted by Gasteiger charge is 2.23. The molecule has 7 heteroatoms. The number of benzene rings is 1. The van der Waals surface area contributed by atoms with Crippen molar-refractivity contribution < 1.29 is 19.1 Å². The molecule has 104 valence electrons. The maximum absolute atomic E-state index is 13.4. The van der Waals surface area contributed by atoms with Crippen LogP contribution in [0.4, 0.5) is 4.39 Å². The van der Waals surface area contributed by atoms with Gasteiger partial charge in [0.2, 0.25) is 5.91 Å². The minimum Gasteiger partial charge on any atom is -0.480 e. The van der Waals surface area contributed by atoms with Gasteiger partial charge in [-0.05, 0) is 37.2 Å². The maximum atomic E-state index is 13.4. The molecule has 0 spiro atoms. The number of aliphatic carboxylic acids is 1. The van der Waals surface area contributed by atoms with E-state index in [0.717, 1.165) is 4.47 Å². The van der Waals surface area contributed by atoms with Gasteiger partial charge < -0.3 is 10.4 Å². The van der Waals surface area contributed by atoms with Crippen molar-refractivity contribution in [2.24, 2.45) is 0 Å². The molecular weight excluding hydrogens is 319 g/mol. The highest BCUT2D eigenvalue weighted by Crippen LogP contribution is 2.15. The highest BCUT2D eigenvalue weighted by molar-refractivity contribution is 9.10. The summed E-state index contributed by atoms with van der Waals surface area (Å²) in [6.45, 7) is 0.164. The zero-order valence-electron chi connectivity index (χ0n) is 10.2. The Kier molecular flexibility index (Phi) is 5.91. The molecule has 0 aliphatic rings. The molecule has 0 aromatic heterocycles. The van der Waals surface area contributed by atoms with Gasteiger partial charge in [0.25, 0.3) is 0 Å². The molecule has 1 atom stereocenters. The number of carbonyl (C=O) groups excluding carboxylic acids is 1. The third-order valence-corrected chi connectivity index (χ3v) is 2.99. The van der Waals surface area contributed by atoms with E-state index in [1.807, 2.05) is 0 Å². The Morgan fingerprint density at radius 1 is 1.47 bits per heavy atom. The van der Waals surface area contributed by atoms with Crippen LogP contribution >= 0.6 is 15.9 Å². The first-order valence-corrected chi connectivity index (χ1v) is 6.36. The lowest BCUT2D eigenvalue weighted by atomic mass is 10.1. The minimum atomic E-state index is -1.30. The van der Waals surface area contributed by atoms with Crippen molar-refractivity contribution in [1.29, 1.82) is 0 Å². The smallest absolute Gasteiger partial charge is 0.330 e. The quantitative estimate of drug-likeness (QED) is 0.677. The summed E-state index contributed by atoms with van der Waals surface area (Å²) in [5, 5.41) is 13.6. The summed E-state index contributed by atoms with van der Waals surface area (Å²) in [7, 11) is 1.38. The number of halogens is 2. The molecule has 1 rings (SSSR count). The van der Waals surface area contributed by atoms with Crippen molar-refractivity contribution in [3.8, 4) is 0 Å². The van der Waals surface area contributed by atoms with Gasteiger partial charge in [0, 0.05) is 11.0 Å². The number of likely N-dealkylation sites (N-methyl/N-ethyl adjacent to an activating group) is 1. The van der Waals surface area contributed by atoms with E-state index in [1.54, 1.807) is 12.1 Å². The molecule has 0 fully saturated rings. The summed E-state index contributed by atoms with van der Waals surface area (Å²) in [5.74, 6) is -2.26. The first-order valence-electron chi connectivity index (χ1n) is 5.57. The minimum absolute atomic E-state index is 0.164. The van der Waals surface area contributed by atoms with Gasteiger partial charge in [-0.2, -0.15) is 0 Å². The zero-order chi connectivity index (χ0) is 14.4. The van der Waals surface area contributed by atoms with Crippen LogP contribution < -0.4 is 10.6 Å². The van der Waals surface area contributed by atoms with Crippen molar-refractivity contribution in [2.75, 3.05) is 13.6 Å². The second kappa shape index (κ2) is 7.20. The molecule has 0 bridgehead atoms. The average molecular weight is 333 g/mol. The van der Waals surface area contributed by atoms with Crippen molar-refractivity contribution in [3.63, 3.8) is 0 Å². The summed E-state index contributed by atoms with van der Waals surface area (Å²) in [4.78, 5) is 22.2. The van der Waals surface area contributed by atoms with Gasteiger partial charge in [-0.1, -0.05) is 15.9 Å². The van der Waals surface area contributed by atoms with Crippen molar-refractivity contribution in [2.45, 2.75) is 12.5 Å². The first kappa shape index (κ1) is 15.6. The van der Waals surface area contributed by atoms with Gasteiger partial charge >= 0.3 is 5.97 Å². The van der Waals surface area contributed by atoms with Crippen LogP contribution in [0.25, 0.3) is 0 Å². The number of hydrogen-bond donors (Lipinski definition) is 3. The van der Waals surface area contributed by atoms with Crippen LogP contribution in [0.1, 0.15) is 5.56 Å². The average Bonchev–Trinajstić information content (AvgIpc) is 2.34. The van der Waals surface area contributed by atoms with Gasteiger partial charge in [-0.25, -0.2) is 9.18 Å². The summed E-state index contributed by atoms with van der Waals surface area (Å²) in [6.07, 6.45) is 0.285. The van der Waals surface area contributed by atoms with Crippen LogP contribution in [0.3, 0.4) is 0 Å². The topological polar surface area (TPSA) is 78.4 Å². The van der Waals surface area contributed by atoms with Crippen molar-refractivity contribution in [3.05, 3.63) is 34.1 Å². The number of carboxylic acid groups (broad SMARTS) is 1. The van der Waals surface area contributed by atoms with E-state index < -0.39 is 17.9 Å². The van der Waals surface area contributed by atoms with E-state index in [0.29, 0.717) is 5.56 Å². The number of carbonyl (C=O) groups is 2. The molecule has 1 aromatic carbocycles. The van der Waals surface area contributed by atoms with Crippen LogP contribution in [0.15, 0.2) is 22.7 Å². The number of amides is 1. The molecule has 0 aliphatic heterocycles. The van der Waals surface area contributed by atoms with Gasteiger partial charge in [0.05, 0.1) is 0 Å². The molecule has 0 saturated heterocycles. The number of rotatable bonds is 6. The van der Waals surface area contributed by atoms with Gasteiger partial charge in [0.15, 0.2) is 6.04 Å². The summed E-state index contributed by atoms with van der Waals surface area (Å²) in [6, 6.07) is 3.23. The first-order chi connectivity index (χ1) is 8.95. The molecule has 19 heavy (non-hydrogen) atoms. The number of hydrogen-bond acceptors (Lipinski definition) is 3. The molecule has 1 amide bonds. The predicted octanol–water partition coefficient (Wildman–Crippen LogP) is 0.919. The Labute approximate surface area is 118 Å². The zero-order valence-corrected chi connectivity index (χ0v) is 11.8. The number of nitrogens with one attached hydrogen (secondary N) is 2. The second-order valence-electron chi connectivity index (χ2n) is 3.84. The SMILES string of the molecule is CNC(C(=O)O)C(=O)NCCc1cc(Br)ccc1F.